The third-order valence-corrected chi connectivity index (χ3v) is 5.18. The van der Waals surface area contributed by atoms with Gasteiger partial charge in [-0.05, 0) is 42.3 Å². The van der Waals surface area contributed by atoms with E-state index in [2.05, 4.69) is 10.0 Å². The van der Waals surface area contributed by atoms with Crippen molar-refractivity contribution in [3.05, 3.63) is 58.5 Å². The smallest absolute Gasteiger partial charge is 0.339 e. The molecule has 0 atom stereocenters. The van der Waals surface area contributed by atoms with E-state index in [1.165, 1.54) is 19.1 Å². The number of hydrogen-bond acceptors (Lipinski definition) is 6. The summed E-state index contributed by atoms with van der Waals surface area (Å²) in [6, 6.07) is 9.32. The summed E-state index contributed by atoms with van der Waals surface area (Å²) in [6.45, 7) is 1.37. The highest BCUT2D eigenvalue weighted by atomic mass is 32.2. The Morgan fingerprint density at radius 2 is 1.71 bits per heavy atom. The van der Waals surface area contributed by atoms with E-state index in [-0.39, 0.29) is 11.3 Å². The summed E-state index contributed by atoms with van der Waals surface area (Å²) >= 11 is 0. The van der Waals surface area contributed by atoms with Crippen LogP contribution in [-0.2, 0) is 20.2 Å². The van der Waals surface area contributed by atoms with E-state index < -0.39 is 35.7 Å². The van der Waals surface area contributed by atoms with E-state index in [9.17, 15) is 21.4 Å². The molecular weight excluding hydrogens is 358 g/mol. The van der Waals surface area contributed by atoms with E-state index >= 15 is 0 Å². The van der Waals surface area contributed by atoms with E-state index in [4.69, 9.17) is 9.71 Å². The number of azide groups is 1. The number of aryl methyl sites for hydroxylation is 1. The fraction of sp³-hybridized carbons (Fsp3) is 0.0769. The van der Waals surface area contributed by atoms with Crippen LogP contribution in [0.3, 0.4) is 0 Å². The van der Waals surface area contributed by atoms with Gasteiger partial charge < -0.3 is 4.18 Å². The third-order valence-electron chi connectivity index (χ3n) is 2.91. The number of rotatable bonds is 5. The van der Waals surface area contributed by atoms with Gasteiger partial charge in [0.2, 0.25) is 0 Å². The van der Waals surface area contributed by atoms with Gasteiger partial charge in [-0.3, -0.25) is 4.55 Å². The molecule has 0 aliphatic rings. The van der Waals surface area contributed by atoms with Crippen molar-refractivity contribution in [2.24, 2.45) is 5.11 Å². The minimum atomic E-state index is -4.81. The molecule has 0 fully saturated rings. The molecule has 0 bridgehead atoms. The lowest BCUT2D eigenvalue weighted by molar-refractivity contribution is 0.482. The predicted octanol–water partition coefficient (Wildman–Crippen LogP) is 2.95. The quantitative estimate of drug-likeness (QED) is 0.282. The first kappa shape index (κ1) is 17.8. The highest BCUT2D eigenvalue weighted by Crippen LogP contribution is 2.31. The molecule has 9 nitrogen and oxygen atoms in total. The largest absolute Gasteiger partial charge is 0.379 e. The summed E-state index contributed by atoms with van der Waals surface area (Å²) in [5, 5.41) is 3.15. The van der Waals surface area contributed by atoms with Gasteiger partial charge in [0, 0.05) is 4.91 Å². The second-order valence-electron chi connectivity index (χ2n) is 4.60. The second-order valence-corrected chi connectivity index (χ2v) is 7.51. The Balaban J connectivity index is 2.64. The molecule has 0 spiro atoms. The molecule has 0 aromatic heterocycles. The summed E-state index contributed by atoms with van der Waals surface area (Å²) in [7, 11) is -9.18. The van der Waals surface area contributed by atoms with Crippen LogP contribution in [0.5, 0.6) is 5.75 Å². The SMILES string of the molecule is Cc1cc(N=[N+]=[N-])c(S(=O)(=O)O)cc1S(=O)(=O)Oc1ccccc1. The maximum Gasteiger partial charge on any atom is 0.339 e. The molecule has 0 heterocycles. The standard InChI is InChI=1S/C13H11N3O6S2/c1-9-7-11(15-16-14)13(23(17,18)19)8-12(9)24(20,21)22-10-5-3-2-4-6-10/h2-8H,1H3,(H,17,18,19). The van der Waals surface area contributed by atoms with Crippen molar-refractivity contribution in [1.29, 1.82) is 0 Å². The molecule has 0 aliphatic heterocycles. The first-order valence-electron chi connectivity index (χ1n) is 6.32. The van der Waals surface area contributed by atoms with Crippen molar-refractivity contribution in [3.63, 3.8) is 0 Å². The van der Waals surface area contributed by atoms with Gasteiger partial charge in [-0.25, -0.2) is 0 Å². The van der Waals surface area contributed by atoms with Crippen molar-refractivity contribution < 1.29 is 25.6 Å². The van der Waals surface area contributed by atoms with Crippen LogP contribution in [0.15, 0.2) is 57.4 Å². The Morgan fingerprint density at radius 3 is 2.25 bits per heavy atom. The summed E-state index contributed by atoms with van der Waals surface area (Å²) in [6.07, 6.45) is 0. The van der Waals surface area contributed by atoms with Gasteiger partial charge in [0.1, 0.15) is 15.5 Å². The minimum absolute atomic E-state index is 0.0319. The molecule has 2 rings (SSSR count). The molecule has 0 amide bonds. The Morgan fingerprint density at radius 1 is 1.08 bits per heavy atom. The van der Waals surface area contributed by atoms with E-state index in [1.54, 1.807) is 18.2 Å². The number of hydrogen-bond donors (Lipinski definition) is 1. The molecule has 0 saturated heterocycles. The van der Waals surface area contributed by atoms with Gasteiger partial charge in [0.25, 0.3) is 10.1 Å². The van der Waals surface area contributed by atoms with E-state index in [0.29, 0.717) is 6.07 Å². The first-order valence-corrected chi connectivity index (χ1v) is 9.17. The van der Waals surface area contributed by atoms with Crippen molar-refractivity contribution in [2.45, 2.75) is 16.7 Å². The van der Waals surface area contributed by atoms with Crippen LogP contribution in [0.2, 0.25) is 0 Å². The summed E-state index contributed by atoms with van der Waals surface area (Å²) in [5.74, 6) is 0.0319. The molecular formula is C13H11N3O6S2. The molecule has 2 aromatic carbocycles. The summed E-state index contributed by atoms with van der Waals surface area (Å²) < 4.78 is 61.7. The molecule has 24 heavy (non-hydrogen) atoms. The van der Waals surface area contributed by atoms with Gasteiger partial charge in [0.15, 0.2) is 0 Å². The Bertz CT molecular complexity index is 1030. The predicted molar refractivity (Wildman–Crippen MR) is 84.1 cm³/mol. The molecule has 1 N–H and O–H groups in total. The monoisotopic (exact) mass is 369 g/mol. The Labute approximate surface area is 138 Å². The van der Waals surface area contributed by atoms with E-state index in [0.717, 1.165) is 6.07 Å². The maximum absolute atomic E-state index is 12.4. The van der Waals surface area contributed by atoms with E-state index in [1.807, 2.05) is 0 Å². The number of para-hydroxylation sites is 1. The fourth-order valence-corrected chi connectivity index (χ4v) is 3.78. The molecule has 126 valence electrons. The van der Waals surface area contributed by atoms with Crippen molar-refractivity contribution in [3.8, 4) is 5.75 Å². The summed E-state index contributed by atoms with van der Waals surface area (Å²) in [5.41, 5.74) is 8.13. The van der Waals surface area contributed by atoms with Crippen LogP contribution < -0.4 is 4.18 Å². The van der Waals surface area contributed by atoms with Crippen LogP contribution in [0.25, 0.3) is 10.4 Å². The van der Waals surface area contributed by atoms with Gasteiger partial charge in [-0.2, -0.15) is 16.8 Å². The fourth-order valence-electron chi connectivity index (χ4n) is 1.90. The molecule has 11 heteroatoms. The highest BCUT2D eigenvalue weighted by molar-refractivity contribution is 7.87. The lowest BCUT2D eigenvalue weighted by atomic mass is 10.2. The highest BCUT2D eigenvalue weighted by Gasteiger charge is 2.25. The third kappa shape index (κ3) is 3.84. The maximum atomic E-state index is 12.4. The molecule has 0 saturated carbocycles. The van der Waals surface area contributed by atoms with Crippen LogP contribution >= 0.6 is 0 Å². The molecule has 0 radical (unpaired) electrons. The van der Waals surface area contributed by atoms with Crippen LogP contribution in [0.1, 0.15) is 5.56 Å². The second kappa shape index (κ2) is 6.49. The van der Waals surface area contributed by atoms with Crippen LogP contribution in [0, 0.1) is 6.92 Å². The van der Waals surface area contributed by atoms with Crippen molar-refractivity contribution in [1.82, 2.24) is 0 Å². The van der Waals surface area contributed by atoms with Gasteiger partial charge >= 0.3 is 10.1 Å². The normalized spacial score (nSPS) is 11.6. The number of nitrogens with zero attached hydrogens (tertiary/aromatic N) is 3. The molecule has 0 unspecified atom stereocenters. The van der Waals surface area contributed by atoms with Crippen LogP contribution in [0.4, 0.5) is 5.69 Å². The van der Waals surface area contributed by atoms with Crippen molar-refractivity contribution >= 4 is 25.9 Å². The van der Waals surface area contributed by atoms with Crippen molar-refractivity contribution in [2.75, 3.05) is 0 Å². The zero-order chi connectivity index (χ0) is 18.0. The Hall–Kier alpha value is -2.59. The minimum Gasteiger partial charge on any atom is -0.379 e. The molecule has 2 aromatic rings. The average molecular weight is 369 g/mol. The zero-order valence-electron chi connectivity index (χ0n) is 12.2. The lowest BCUT2D eigenvalue weighted by Gasteiger charge is -2.12. The zero-order valence-corrected chi connectivity index (χ0v) is 13.8. The topological polar surface area (TPSA) is 146 Å². The van der Waals surface area contributed by atoms with Gasteiger partial charge in [-0.1, -0.05) is 23.3 Å². The first-order chi connectivity index (χ1) is 11.1. The van der Waals surface area contributed by atoms with Crippen LogP contribution in [-0.4, -0.2) is 21.4 Å². The van der Waals surface area contributed by atoms with Gasteiger partial charge in [-0.15, -0.1) is 0 Å². The van der Waals surface area contributed by atoms with Gasteiger partial charge in [0.05, 0.1) is 5.69 Å². The average Bonchev–Trinajstić information content (AvgIpc) is 2.46. The Kier molecular flexibility index (Phi) is 4.81. The molecule has 0 aliphatic carbocycles. The lowest BCUT2D eigenvalue weighted by Crippen LogP contribution is -2.12. The summed E-state index contributed by atoms with van der Waals surface area (Å²) in [4.78, 5) is 1.14. The number of benzene rings is 2.